The van der Waals surface area contributed by atoms with E-state index in [1.807, 2.05) is 0 Å². The van der Waals surface area contributed by atoms with Gasteiger partial charge in [-0.25, -0.2) is 8.42 Å². The molecule has 1 aliphatic heterocycles. The molecule has 2 amide bonds. The van der Waals surface area contributed by atoms with Gasteiger partial charge in [0.05, 0.1) is 19.9 Å². The molecule has 29 heavy (non-hydrogen) atoms. The molecule has 160 valence electrons. The molecule has 1 N–H and O–H groups in total. The number of carbonyl (C=O) groups is 2. The van der Waals surface area contributed by atoms with Crippen LogP contribution in [0.15, 0.2) is 24.3 Å². The van der Waals surface area contributed by atoms with Crippen LogP contribution in [0.3, 0.4) is 0 Å². The van der Waals surface area contributed by atoms with Gasteiger partial charge in [-0.2, -0.15) is 4.31 Å². The average Bonchev–Trinajstić information content (AvgIpc) is 2.67. The van der Waals surface area contributed by atoms with Crippen LogP contribution in [0, 0.1) is 0 Å². The van der Waals surface area contributed by atoms with Gasteiger partial charge >= 0.3 is 0 Å². The first kappa shape index (κ1) is 21.6. The van der Waals surface area contributed by atoms with Gasteiger partial charge in [0.2, 0.25) is 21.8 Å². The minimum absolute atomic E-state index is 0.0453. The highest BCUT2D eigenvalue weighted by atomic mass is 32.2. The number of hydrogen-bond acceptors (Lipinski definition) is 5. The highest BCUT2D eigenvalue weighted by Gasteiger charge is 2.50. The van der Waals surface area contributed by atoms with Gasteiger partial charge in [0.25, 0.3) is 0 Å². The predicted molar refractivity (Wildman–Crippen MR) is 110 cm³/mol. The molecule has 1 aliphatic carbocycles. The lowest BCUT2D eigenvalue weighted by Gasteiger charge is -2.47. The molecule has 1 aromatic rings. The third-order valence-corrected chi connectivity index (χ3v) is 6.95. The molecule has 1 saturated heterocycles. The van der Waals surface area contributed by atoms with Crippen LogP contribution in [0.2, 0.25) is 0 Å². The number of carbonyl (C=O) groups excluding carboxylic acids is 2. The van der Waals surface area contributed by atoms with Crippen molar-refractivity contribution in [2.45, 2.75) is 50.6 Å². The first-order valence-electron chi connectivity index (χ1n) is 9.88. The summed E-state index contributed by atoms with van der Waals surface area (Å²) in [6, 6.07) is 6.94. The van der Waals surface area contributed by atoms with Crippen molar-refractivity contribution in [3.63, 3.8) is 0 Å². The molecule has 1 saturated carbocycles. The van der Waals surface area contributed by atoms with Gasteiger partial charge in [-0.3, -0.25) is 14.5 Å². The van der Waals surface area contributed by atoms with Gasteiger partial charge in [0.1, 0.15) is 11.3 Å². The van der Waals surface area contributed by atoms with E-state index in [1.54, 1.807) is 31.2 Å². The van der Waals surface area contributed by atoms with E-state index in [2.05, 4.69) is 5.32 Å². The zero-order valence-electron chi connectivity index (χ0n) is 17.2. The number of hydrogen-bond donors (Lipinski definition) is 1. The number of sulfonamides is 1. The minimum Gasteiger partial charge on any atom is -0.497 e. The summed E-state index contributed by atoms with van der Waals surface area (Å²) in [4.78, 5) is 27.9. The maximum absolute atomic E-state index is 13.4. The summed E-state index contributed by atoms with van der Waals surface area (Å²) in [6.45, 7) is 1.22. The number of piperazine rings is 1. The lowest BCUT2D eigenvalue weighted by Crippen LogP contribution is -2.70. The number of methoxy groups -OCH3 is 1. The van der Waals surface area contributed by atoms with Crippen LogP contribution in [-0.2, 0) is 19.6 Å². The molecule has 1 atom stereocenters. The number of rotatable bonds is 5. The highest BCUT2D eigenvalue weighted by Crippen LogP contribution is 2.33. The molecule has 0 bridgehead atoms. The van der Waals surface area contributed by atoms with Crippen LogP contribution in [-0.4, -0.2) is 62.6 Å². The highest BCUT2D eigenvalue weighted by molar-refractivity contribution is 7.88. The van der Waals surface area contributed by atoms with Crippen molar-refractivity contribution in [2.75, 3.05) is 31.4 Å². The Labute approximate surface area is 172 Å². The van der Waals surface area contributed by atoms with Crippen LogP contribution in [0.25, 0.3) is 0 Å². The Morgan fingerprint density at radius 1 is 1.24 bits per heavy atom. The Morgan fingerprint density at radius 3 is 2.55 bits per heavy atom. The number of ether oxygens (including phenoxy) is 1. The summed E-state index contributed by atoms with van der Waals surface area (Å²) in [7, 11) is -2.11. The third-order valence-electron chi connectivity index (χ3n) is 5.75. The van der Waals surface area contributed by atoms with Gasteiger partial charge in [0, 0.05) is 24.3 Å². The monoisotopic (exact) mass is 423 g/mol. The standard InChI is InChI=1S/C20H29N3O5S/c1-20(19(25)21-15-8-5-4-6-9-15)14-22(29(3,26)27)13-18(24)23(20)16-10-7-11-17(12-16)28-2/h7,10-12,15H,4-6,8-9,13-14H2,1-3H3,(H,21,25)/t20-/m1/s1. The van der Waals surface area contributed by atoms with Crippen LogP contribution >= 0.6 is 0 Å². The second-order valence-corrected chi connectivity index (χ2v) is 10.0. The zero-order valence-corrected chi connectivity index (χ0v) is 18.0. The van der Waals surface area contributed by atoms with Crippen molar-refractivity contribution >= 4 is 27.5 Å². The molecule has 0 aromatic heterocycles. The van der Waals surface area contributed by atoms with Gasteiger partial charge in [0.15, 0.2) is 0 Å². The second kappa shape index (κ2) is 8.31. The lowest BCUT2D eigenvalue weighted by atomic mass is 9.91. The van der Waals surface area contributed by atoms with E-state index < -0.39 is 21.5 Å². The Kier molecular flexibility index (Phi) is 6.19. The van der Waals surface area contributed by atoms with Gasteiger partial charge in [-0.05, 0) is 31.9 Å². The molecule has 0 radical (unpaired) electrons. The Morgan fingerprint density at radius 2 is 1.93 bits per heavy atom. The maximum atomic E-state index is 13.4. The SMILES string of the molecule is COc1cccc(N2C(=O)CN(S(C)(=O)=O)C[C@]2(C)C(=O)NC2CCCCC2)c1. The molecular formula is C20H29N3O5S. The van der Waals surface area contributed by atoms with E-state index in [9.17, 15) is 18.0 Å². The predicted octanol–water partition coefficient (Wildman–Crippen LogP) is 1.51. The average molecular weight is 424 g/mol. The molecule has 1 aromatic carbocycles. The molecule has 2 fully saturated rings. The van der Waals surface area contributed by atoms with E-state index in [0.717, 1.165) is 42.7 Å². The fraction of sp³-hybridized carbons (Fsp3) is 0.600. The van der Waals surface area contributed by atoms with Crippen molar-refractivity contribution in [3.05, 3.63) is 24.3 Å². The number of nitrogens with zero attached hydrogens (tertiary/aromatic N) is 2. The number of nitrogens with one attached hydrogen (secondary N) is 1. The Hall–Kier alpha value is -2.13. The lowest BCUT2D eigenvalue weighted by molar-refractivity contribution is -0.133. The minimum atomic E-state index is -3.63. The van der Waals surface area contributed by atoms with Crippen molar-refractivity contribution in [3.8, 4) is 5.75 Å². The fourth-order valence-electron chi connectivity index (χ4n) is 4.14. The molecule has 0 unspecified atom stereocenters. The summed E-state index contributed by atoms with van der Waals surface area (Å²) in [5.74, 6) is -0.235. The largest absolute Gasteiger partial charge is 0.497 e. The fourth-order valence-corrected chi connectivity index (χ4v) is 4.97. The summed E-state index contributed by atoms with van der Waals surface area (Å²) in [5.41, 5.74) is -0.869. The molecule has 1 heterocycles. The van der Waals surface area contributed by atoms with Gasteiger partial charge in [-0.1, -0.05) is 25.3 Å². The maximum Gasteiger partial charge on any atom is 0.247 e. The van der Waals surface area contributed by atoms with Crippen LogP contribution in [0.5, 0.6) is 5.75 Å². The molecule has 0 spiro atoms. The first-order valence-corrected chi connectivity index (χ1v) is 11.7. The Bertz CT molecular complexity index is 882. The van der Waals surface area contributed by atoms with E-state index in [1.165, 1.54) is 12.0 Å². The quantitative estimate of drug-likeness (QED) is 0.775. The summed E-state index contributed by atoms with van der Waals surface area (Å²) in [6.07, 6.45) is 6.10. The smallest absolute Gasteiger partial charge is 0.247 e. The summed E-state index contributed by atoms with van der Waals surface area (Å²) in [5, 5.41) is 3.06. The van der Waals surface area contributed by atoms with Crippen molar-refractivity contribution < 1.29 is 22.7 Å². The van der Waals surface area contributed by atoms with Crippen LogP contribution < -0.4 is 15.0 Å². The first-order chi connectivity index (χ1) is 13.6. The summed E-state index contributed by atoms with van der Waals surface area (Å²) < 4.78 is 30.7. The van der Waals surface area contributed by atoms with Gasteiger partial charge < -0.3 is 10.1 Å². The van der Waals surface area contributed by atoms with Crippen molar-refractivity contribution in [2.24, 2.45) is 0 Å². The molecule has 9 heteroatoms. The number of amides is 2. The van der Waals surface area contributed by atoms with E-state index in [4.69, 9.17) is 4.74 Å². The van der Waals surface area contributed by atoms with Gasteiger partial charge in [-0.15, -0.1) is 0 Å². The topological polar surface area (TPSA) is 96.0 Å². The molecular weight excluding hydrogens is 394 g/mol. The third kappa shape index (κ3) is 4.56. The second-order valence-electron chi connectivity index (χ2n) is 8.04. The van der Waals surface area contributed by atoms with Crippen molar-refractivity contribution in [1.82, 2.24) is 9.62 Å². The molecule has 3 rings (SSSR count). The summed E-state index contributed by atoms with van der Waals surface area (Å²) >= 11 is 0. The zero-order chi connectivity index (χ0) is 21.2. The number of anilines is 1. The van der Waals surface area contributed by atoms with Crippen LogP contribution in [0.1, 0.15) is 39.0 Å². The van der Waals surface area contributed by atoms with Crippen LogP contribution in [0.4, 0.5) is 5.69 Å². The molecule has 2 aliphatic rings. The normalized spacial score (nSPS) is 24.4. The van der Waals surface area contributed by atoms with E-state index in [0.29, 0.717) is 11.4 Å². The van der Waals surface area contributed by atoms with E-state index >= 15 is 0 Å². The number of benzene rings is 1. The Balaban J connectivity index is 1.98. The van der Waals surface area contributed by atoms with Crippen molar-refractivity contribution in [1.29, 1.82) is 0 Å². The molecule has 8 nitrogen and oxygen atoms in total. The van der Waals surface area contributed by atoms with E-state index in [-0.39, 0.29) is 25.0 Å².